The minimum atomic E-state index is 0.389. The van der Waals surface area contributed by atoms with Crippen molar-refractivity contribution in [3.05, 3.63) is 29.3 Å². The van der Waals surface area contributed by atoms with Crippen LogP contribution in [-0.2, 0) is 0 Å². The number of benzene rings is 1. The summed E-state index contributed by atoms with van der Waals surface area (Å²) in [6.45, 7) is 2.99. The molecule has 0 radical (unpaired) electrons. The van der Waals surface area contributed by atoms with E-state index in [1.54, 1.807) is 0 Å². The molecule has 1 heterocycles. The highest BCUT2D eigenvalue weighted by atomic mass is 14.9. The van der Waals surface area contributed by atoms with Crippen LogP contribution in [0.15, 0.2) is 18.2 Å². The summed E-state index contributed by atoms with van der Waals surface area (Å²) in [7, 11) is 0. The summed E-state index contributed by atoms with van der Waals surface area (Å²) in [5.74, 6) is 0.389. The lowest BCUT2D eigenvalue weighted by atomic mass is 9.97. The zero-order chi connectivity index (χ0) is 9.26. The maximum atomic E-state index is 8.64. The topological polar surface area (TPSA) is 35.8 Å². The van der Waals surface area contributed by atoms with Crippen molar-refractivity contribution >= 4 is 5.69 Å². The van der Waals surface area contributed by atoms with Gasteiger partial charge in [0.15, 0.2) is 0 Å². The molecule has 1 unspecified atom stereocenters. The predicted octanol–water partition coefficient (Wildman–Crippen LogP) is 2.42. The van der Waals surface area contributed by atoms with E-state index in [9.17, 15) is 0 Å². The van der Waals surface area contributed by atoms with Crippen LogP contribution < -0.4 is 5.32 Å². The van der Waals surface area contributed by atoms with Gasteiger partial charge < -0.3 is 5.32 Å². The smallest absolute Gasteiger partial charge is 0.0628 e. The molecule has 1 atom stereocenters. The first-order chi connectivity index (χ1) is 6.31. The molecular formula is C11H12N2. The molecule has 0 saturated heterocycles. The van der Waals surface area contributed by atoms with E-state index in [1.807, 2.05) is 0 Å². The Labute approximate surface area is 78.2 Å². The molecule has 0 aliphatic carbocycles. The second kappa shape index (κ2) is 3.10. The first kappa shape index (κ1) is 8.12. The third-order valence-electron chi connectivity index (χ3n) is 2.52. The Kier molecular flexibility index (Phi) is 1.94. The van der Waals surface area contributed by atoms with Gasteiger partial charge in [-0.2, -0.15) is 5.26 Å². The standard InChI is InChI=1S/C11H12N2/c1-8-2-3-11-10(6-8)9(4-5-12)7-13-11/h2-3,6,9,13H,4,7H2,1H3. The molecule has 1 aromatic rings. The fourth-order valence-corrected chi connectivity index (χ4v) is 1.82. The first-order valence-corrected chi connectivity index (χ1v) is 4.52. The summed E-state index contributed by atoms with van der Waals surface area (Å²) < 4.78 is 0. The van der Waals surface area contributed by atoms with Gasteiger partial charge >= 0.3 is 0 Å². The lowest BCUT2D eigenvalue weighted by molar-refractivity contribution is 0.780. The summed E-state index contributed by atoms with van der Waals surface area (Å²) in [6.07, 6.45) is 0.615. The molecule has 1 N–H and O–H groups in total. The molecule has 0 aromatic heterocycles. The van der Waals surface area contributed by atoms with Gasteiger partial charge in [-0.05, 0) is 18.6 Å². The minimum Gasteiger partial charge on any atom is -0.384 e. The van der Waals surface area contributed by atoms with Crippen molar-refractivity contribution in [1.82, 2.24) is 0 Å². The van der Waals surface area contributed by atoms with Crippen molar-refractivity contribution in [3.63, 3.8) is 0 Å². The number of fused-ring (bicyclic) bond motifs is 1. The number of rotatable bonds is 1. The van der Waals surface area contributed by atoms with Crippen LogP contribution in [0.3, 0.4) is 0 Å². The zero-order valence-corrected chi connectivity index (χ0v) is 7.67. The zero-order valence-electron chi connectivity index (χ0n) is 7.67. The first-order valence-electron chi connectivity index (χ1n) is 4.52. The average molecular weight is 172 g/mol. The van der Waals surface area contributed by atoms with Gasteiger partial charge in [0.2, 0.25) is 0 Å². The fraction of sp³-hybridized carbons (Fsp3) is 0.364. The van der Waals surface area contributed by atoms with Crippen molar-refractivity contribution in [2.45, 2.75) is 19.3 Å². The molecule has 1 aliphatic heterocycles. The maximum Gasteiger partial charge on any atom is 0.0628 e. The van der Waals surface area contributed by atoms with E-state index < -0.39 is 0 Å². The van der Waals surface area contributed by atoms with Gasteiger partial charge in [-0.15, -0.1) is 0 Å². The molecule has 2 nitrogen and oxygen atoms in total. The van der Waals surface area contributed by atoms with Crippen LogP contribution in [0.1, 0.15) is 23.5 Å². The van der Waals surface area contributed by atoms with Crippen molar-refractivity contribution in [3.8, 4) is 6.07 Å². The third-order valence-corrected chi connectivity index (χ3v) is 2.52. The van der Waals surface area contributed by atoms with E-state index in [0.717, 1.165) is 6.54 Å². The highest BCUT2D eigenvalue weighted by Crippen LogP contribution is 2.33. The molecule has 0 amide bonds. The Balaban J connectivity index is 2.36. The van der Waals surface area contributed by atoms with Gasteiger partial charge in [0, 0.05) is 24.6 Å². The van der Waals surface area contributed by atoms with E-state index >= 15 is 0 Å². The monoisotopic (exact) mass is 172 g/mol. The summed E-state index contributed by atoms with van der Waals surface area (Å²) in [5, 5.41) is 12.0. The predicted molar refractivity (Wildman–Crippen MR) is 52.6 cm³/mol. The van der Waals surface area contributed by atoms with Gasteiger partial charge in [-0.3, -0.25) is 0 Å². The Morgan fingerprint density at radius 2 is 2.46 bits per heavy atom. The summed E-state index contributed by atoms with van der Waals surface area (Å²) in [6, 6.07) is 8.60. The molecule has 0 fully saturated rings. The maximum absolute atomic E-state index is 8.64. The number of nitrogens with one attached hydrogen (secondary N) is 1. The lowest BCUT2D eigenvalue weighted by Crippen LogP contribution is -2.00. The quantitative estimate of drug-likeness (QED) is 0.706. The van der Waals surface area contributed by atoms with Crippen LogP contribution in [0.25, 0.3) is 0 Å². The highest BCUT2D eigenvalue weighted by Gasteiger charge is 2.21. The average Bonchev–Trinajstić information content (AvgIpc) is 2.49. The normalized spacial score (nSPS) is 18.9. The number of anilines is 1. The van der Waals surface area contributed by atoms with Crippen LogP contribution in [0.4, 0.5) is 5.69 Å². The molecule has 0 saturated carbocycles. The second-order valence-corrected chi connectivity index (χ2v) is 3.53. The van der Waals surface area contributed by atoms with Gasteiger partial charge in [0.05, 0.1) is 6.07 Å². The summed E-state index contributed by atoms with van der Waals surface area (Å²) in [5.41, 5.74) is 3.78. The van der Waals surface area contributed by atoms with Crippen LogP contribution in [0.2, 0.25) is 0 Å². The van der Waals surface area contributed by atoms with E-state index in [1.165, 1.54) is 16.8 Å². The molecule has 66 valence electrons. The van der Waals surface area contributed by atoms with Gasteiger partial charge in [-0.1, -0.05) is 17.7 Å². The van der Waals surface area contributed by atoms with Gasteiger partial charge in [0.25, 0.3) is 0 Å². The third kappa shape index (κ3) is 1.38. The molecular weight excluding hydrogens is 160 g/mol. The van der Waals surface area contributed by atoms with E-state index in [-0.39, 0.29) is 0 Å². The molecule has 1 aromatic carbocycles. The minimum absolute atomic E-state index is 0.389. The summed E-state index contributed by atoms with van der Waals surface area (Å²) in [4.78, 5) is 0. The van der Waals surface area contributed by atoms with Gasteiger partial charge in [0.1, 0.15) is 0 Å². The molecule has 13 heavy (non-hydrogen) atoms. The highest BCUT2D eigenvalue weighted by molar-refractivity contribution is 5.59. The van der Waals surface area contributed by atoms with E-state index in [0.29, 0.717) is 12.3 Å². The molecule has 0 spiro atoms. The second-order valence-electron chi connectivity index (χ2n) is 3.53. The molecule has 2 rings (SSSR count). The van der Waals surface area contributed by atoms with Crippen molar-refractivity contribution in [1.29, 1.82) is 5.26 Å². The van der Waals surface area contributed by atoms with Crippen molar-refractivity contribution in [2.24, 2.45) is 0 Å². The Morgan fingerprint density at radius 1 is 1.62 bits per heavy atom. The number of hydrogen-bond donors (Lipinski definition) is 1. The Hall–Kier alpha value is -1.49. The van der Waals surface area contributed by atoms with Gasteiger partial charge in [-0.25, -0.2) is 0 Å². The largest absolute Gasteiger partial charge is 0.384 e. The Bertz CT molecular complexity index is 363. The lowest BCUT2D eigenvalue weighted by Gasteiger charge is -2.04. The van der Waals surface area contributed by atoms with Crippen LogP contribution in [0, 0.1) is 18.3 Å². The fourth-order valence-electron chi connectivity index (χ4n) is 1.82. The SMILES string of the molecule is Cc1ccc2c(c1)C(CC#N)CN2. The molecule has 1 aliphatic rings. The molecule has 0 bridgehead atoms. The number of nitriles is 1. The Morgan fingerprint density at radius 3 is 3.23 bits per heavy atom. The number of hydrogen-bond acceptors (Lipinski definition) is 2. The van der Waals surface area contributed by atoms with Crippen LogP contribution >= 0.6 is 0 Å². The molecule has 2 heteroatoms. The van der Waals surface area contributed by atoms with E-state index in [4.69, 9.17) is 5.26 Å². The number of nitrogens with zero attached hydrogens (tertiary/aromatic N) is 1. The van der Waals surface area contributed by atoms with E-state index in [2.05, 4.69) is 36.5 Å². The van der Waals surface area contributed by atoms with Crippen LogP contribution in [-0.4, -0.2) is 6.54 Å². The summed E-state index contributed by atoms with van der Waals surface area (Å²) >= 11 is 0. The van der Waals surface area contributed by atoms with Crippen LogP contribution in [0.5, 0.6) is 0 Å². The van der Waals surface area contributed by atoms with Crippen molar-refractivity contribution < 1.29 is 0 Å². The number of aryl methyl sites for hydroxylation is 1. The van der Waals surface area contributed by atoms with Crippen molar-refractivity contribution in [2.75, 3.05) is 11.9 Å².